The number of benzene rings is 2. The summed E-state index contributed by atoms with van der Waals surface area (Å²) in [5.74, 6) is -0.0856. The Kier molecular flexibility index (Phi) is 6.42. The molecule has 4 nitrogen and oxygen atoms in total. The molecule has 4 aromatic heterocycles. The van der Waals surface area contributed by atoms with Gasteiger partial charge in [0, 0.05) is 58.7 Å². The van der Waals surface area contributed by atoms with E-state index in [0.717, 1.165) is 22.0 Å². The molecule has 0 spiro atoms. The van der Waals surface area contributed by atoms with Crippen LogP contribution in [0, 0.1) is 38.6 Å². The number of furan rings is 1. The van der Waals surface area contributed by atoms with Crippen LogP contribution in [0.1, 0.15) is 51.3 Å². The summed E-state index contributed by atoms with van der Waals surface area (Å²) in [4.78, 5) is 12.8. The molecular weight excluding hydrogens is 723 g/mol. The zero-order valence-corrected chi connectivity index (χ0v) is 28.0. The van der Waals surface area contributed by atoms with Gasteiger partial charge in [-0.05, 0) is 60.8 Å². The molecule has 0 saturated carbocycles. The fraction of sp³-hybridized carbons (Fsp3) is 0.270. The number of fused-ring (bicyclic) bond motifs is 3. The minimum absolute atomic E-state index is 0. The van der Waals surface area contributed by atoms with Gasteiger partial charge < -0.3 is 14.4 Å². The maximum Gasteiger partial charge on any atom is 0.216 e. The van der Waals surface area contributed by atoms with Crippen LogP contribution in [-0.4, -0.2) is 23.0 Å². The van der Waals surface area contributed by atoms with E-state index in [2.05, 4.69) is 46.7 Å². The summed E-state index contributed by atoms with van der Waals surface area (Å²) in [6.45, 7) is 3.24. The number of hydrogen-bond acceptors (Lipinski definition) is 4. The van der Waals surface area contributed by atoms with Gasteiger partial charge in [0.05, 0.1) is 13.7 Å². The normalized spacial score (nSPS) is 16.4. The zero-order valence-electron chi connectivity index (χ0n) is 35.6. The summed E-state index contributed by atoms with van der Waals surface area (Å²) in [6.07, 6.45) is 1.86. The van der Waals surface area contributed by atoms with Crippen molar-refractivity contribution in [2.24, 2.45) is 5.92 Å². The molecule has 0 saturated heterocycles. The molecule has 0 atom stereocenters. The van der Waals surface area contributed by atoms with Crippen LogP contribution >= 0.6 is 0 Å². The van der Waals surface area contributed by atoms with Crippen LogP contribution < -0.4 is 5.19 Å². The van der Waals surface area contributed by atoms with Crippen molar-refractivity contribution in [1.82, 2.24) is 15.0 Å². The van der Waals surface area contributed by atoms with Gasteiger partial charge >= 0.3 is 0 Å². The first-order valence-electron chi connectivity index (χ1n) is 19.1. The number of aryl methyl sites for hydroxylation is 3. The second kappa shape index (κ2) is 13.5. The minimum Gasteiger partial charge on any atom is -0.486 e. The zero-order chi connectivity index (χ0) is 39.3. The van der Waals surface area contributed by atoms with Gasteiger partial charge in [-0.3, -0.25) is 0 Å². The van der Waals surface area contributed by atoms with Gasteiger partial charge in [0.1, 0.15) is 0 Å². The van der Waals surface area contributed by atoms with Gasteiger partial charge in [0.15, 0.2) is 0 Å². The molecule has 43 heavy (non-hydrogen) atoms. The van der Waals surface area contributed by atoms with Crippen LogP contribution in [0.3, 0.4) is 0 Å². The molecule has 0 unspecified atom stereocenters. The second-order valence-corrected chi connectivity index (χ2v) is 16.3. The first-order chi connectivity index (χ1) is 24.4. The minimum atomic E-state index is -2.50. The Hall–Kier alpha value is -3.44. The van der Waals surface area contributed by atoms with E-state index in [0.29, 0.717) is 5.39 Å². The van der Waals surface area contributed by atoms with Gasteiger partial charge in [-0.15, -0.1) is 53.6 Å². The van der Waals surface area contributed by atoms with Gasteiger partial charge in [-0.1, -0.05) is 74.5 Å². The fourth-order valence-corrected chi connectivity index (χ4v) is 6.05. The molecule has 0 aliphatic rings. The van der Waals surface area contributed by atoms with Crippen molar-refractivity contribution in [3.8, 4) is 22.5 Å². The number of rotatable bonds is 5. The Bertz CT molecular complexity index is 2260. The van der Waals surface area contributed by atoms with E-state index < -0.39 is 35.0 Å². The van der Waals surface area contributed by atoms with Crippen molar-refractivity contribution in [3.63, 3.8) is 0 Å². The molecule has 1 radical (unpaired) electrons. The summed E-state index contributed by atoms with van der Waals surface area (Å²) in [5, 5.41) is 1.66. The smallest absolute Gasteiger partial charge is 0.216 e. The number of aromatic nitrogens is 3. The summed E-state index contributed by atoms with van der Waals surface area (Å²) in [7, 11) is -1.67. The van der Waals surface area contributed by atoms with E-state index in [4.69, 9.17) is 19.5 Å². The summed E-state index contributed by atoms with van der Waals surface area (Å²) in [6, 6.07) is 22.4. The molecule has 0 aliphatic heterocycles. The molecule has 6 aromatic rings. The van der Waals surface area contributed by atoms with Crippen molar-refractivity contribution >= 4 is 35.3 Å². The maximum absolute atomic E-state index is 8.55. The predicted molar refractivity (Wildman–Crippen MR) is 178 cm³/mol. The van der Waals surface area contributed by atoms with Crippen LogP contribution in [0.4, 0.5) is 0 Å². The van der Waals surface area contributed by atoms with Crippen molar-refractivity contribution in [2.75, 3.05) is 0 Å². The average Bonchev–Trinajstić information content (AvgIpc) is 3.45. The van der Waals surface area contributed by atoms with Crippen LogP contribution in [0.25, 0.3) is 44.6 Å². The largest absolute Gasteiger partial charge is 0.486 e. The Labute approximate surface area is 285 Å². The Morgan fingerprint density at radius 3 is 2.53 bits per heavy atom. The molecule has 0 N–H and O–H groups in total. The van der Waals surface area contributed by atoms with Crippen molar-refractivity contribution in [1.29, 1.82) is 0 Å². The third-order valence-electron chi connectivity index (χ3n) is 6.57. The number of nitrogens with zero attached hydrogens (tertiary/aromatic N) is 3. The van der Waals surface area contributed by atoms with Gasteiger partial charge in [0.2, 0.25) is 5.71 Å². The predicted octanol–water partition coefficient (Wildman–Crippen LogP) is 9.06. The third kappa shape index (κ3) is 7.38. The second-order valence-electron chi connectivity index (χ2n) is 11.3. The first-order valence-corrected chi connectivity index (χ1v) is 17.1. The quantitative estimate of drug-likeness (QED) is 0.130. The summed E-state index contributed by atoms with van der Waals surface area (Å²) >= 11 is 0. The molecular formula is C37H39IrN3OSi-2. The Morgan fingerprint density at radius 2 is 1.84 bits per heavy atom. The first kappa shape index (κ1) is 20.5. The van der Waals surface area contributed by atoms with Gasteiger partial charge in [-0.25, -0.2) is 4.98 Å². The van der Waals surface area contributed by atoms with Crippen LogP contribution in [0.15, 0.2) is 77.5 Å². The number of hydrogen-bond donors (Lipinski definition) is 0. The Balaban J connectivity index is 0.000000250. The maximum atomic E-state index is 8.55. The van der Waals surface area contributed by atoms with Crippen LogP contribution in [0.5, 0.6) is 0 Å². The van der Waals surface area contributed by atoms with E-state index >= 15 is 0 Å². The van der Waals surface area contributed by atoms with E-state index in [1.54, 1.807) is 0 Å². The van der Waals surface area contributed by atoms with E-state index in [9.17, 15) is 0 Å². The molecule has 0 aliphatic carbocycles. The van der Waals surface area contributed by atoms with Crippen LogP contribution in [-0.2, 0) is 26.5 Å². The monoisotopic (exact) mass is 773 g/mol. The molecule has 0 fully saturated rings. The topological polar surface area (TPSA) is 51.8 Å². The van der Waals surface area contributed by atoms with Crippen molar-refractivity contribution < 1.29 is 39.6 Å². The fourth-order valence-electron chi connectivity index (χ4n) is 4.64. The molecule has 223 valence electrons. The van der Waals surface area contributed by atoms with Gasteiger partial charge in [0.25, 0.3) is 0 Å². The SMILES string of the molecule is [2H]C([2H])([2H])c1ccnc(-c2[c-]cc(C([2H])([2H])[2H])c3c2oc2nc(C([2H])([2H])[2H])ccc23)c1.[2H]C([2H])(c1cc(-c2[c-]cccc2)ncc1[Si](C)(C)C)C(C)C.[Ir]. The standard InChI is InChI=1S/C19H15N2O.C18H24NSi.Ir/c1-11-8-9-20-16(10-11)14-6-4-12(2)17-15-7-5-13(3)21-19(15)22-18(14)17;1-14(2)11-16-12-17(15-9-7-6-8-10-15)19-13-18(16)20(3,4)5;/h4-5,7-10H,1-3H3;6-9,12-14H,11H2,1-5H3;/q2*-1;/i1D3,2D3,3D3;11D2;. The summed E-state index contributed by atoms with van der Waals surface area (Å²) in [5.41, 5.74) is 2.85. The third-order valence-corrected chi connectivity index (χ3v) is 8.58. The molecule has 2 aromatic carbocycles. The summed E-state index contributed by atoms with van der Waals surface area (Å²) < 4.78 is 92.0. The van der Waals surface area contributed by atoms with Crippen molar-refractivity contribution in [2.45, 2.75) is 60.4 Å². The van der Waals surface area contributed by atoms with Crippen LogP contribution in [0.2, 0.25) is 19.6 Å². The Morgan fingerprint density at radius 1 is 0.977 bits per heavy atom. The molecule has 0 amide bonds. The van der Waals surface area contributed by atoms with E-state index in [-0.39, 0.29) is 70.8 Å². The average molecular weight is 773 g/mol. The van der Waals surface area contributed by atoms with E-state index in [1.165, 1.54) is 36.5 Å². The molecule has 6 rings (SSSR count). The van der Waals surface area contributed by atoms with E-state index in [1.807, 2.05) is 50.4 Å². The van der Waals surface area contributed by atoms with Gasteiger partial charge in [-0.2, -0.15) is 0 Å². The van der Waals surface area contributed by atoms with Crippen molar-refractivity contribution in [3.05, 3.63) is 108 Å². The number of pyridine rings is 3. The molecule has 0 bridgehead atoms. The molecule has 4 heterocycles. The molecule has 6 heteroatoms.